The van der Waals surface area contributed by atoms with E-state index in [1.807, 2.05) is 40.0 Å². The molecular formula is C17H26N4O2. The number of methoxy groups -OCH3 is 1. The molecule has 0 saturated carbocycles. The van der Waals surface area contributed by atoms with Crippen molar-refractivity contribution in [2.75, 3.05) is 20.3 Å². The van der Waals surface area contributed by atoms with E-state index in [0.29, 0.717) is 13.2 Å². The predicted octanol–water partition coefficient (Wildman–Crippen LogP) is 1.99. The Morgan fingerprint density at radius 1 is 1.17 bits per heavy atom. The van der Waals surface area contributed by atoms with Gasteiger partial charge in [-0.1, -0.05) is 0 Å². The topological polar surface area (TPSA) is 61.1 Å². The van der Waals surface area contributed by atoms with Gasteiger partial charge in [0.2, 0.25) is 0 Å². The maximum atomic E-state index is 12.4. The Kier molecular flexibility index (Phi) is 5.60. The fourth-order valence-corrected chi connectivity index (χ4v) is 2.85. The third-order valence-electron chi connectivity index (χ3n) is 4.21. The summed E-state index contributed by atoms with van der Waals surface area (Å²) in [6, 6.07) is 1.94. The number of carbonyl (C=O) groups excluding carboxylic acids is 1. The minimum absolute atomic E-state index is 0.0304. The number of ether oxygens (including phenoxy) is 1. The maximum absolute atomic E-state index is 12.4. The van der Waals surface area contributed by atoms with Crippen molar-refractivity contribution in [2.24, 2.45) is 0 Å². The molecule has 0 aliphatic heterocycles. The fraction of sp³-hybridized carbons (Fsp3) is 0.529. The van der Waals surface area contributed by atoms with Crippen molar-refractivity contribution in [1.29, 1.82) is 0 Å². The lowest BCUT2D eigenvalue weighted by atomic mass is 10.2. The first-order chi connectivity index (χ1) is 11.0. The van der Waals surface area contributed by atoms with Crippen LogP contribution in [0, 0.1) is 27.7 Å². The number of nitrogens with zero attached hydrogens (tertiary/aromatic N) is 3. The van der Waals surface area contributed by atoms with E-state index in [1.54, 1.807) is 7.11 Å². The molecule has 0 saturated heterocycles. The molecule has 2 heterocycles. The minimum atomic E-state index is -0.0304. The van der Waals surface area contributed by atoms with Crippen molar-refractivity contribution in [3.63, 3.8) is 0 Å². The highest BCUT2D eigenvalue weighted by Gasteiger charge is 2.15. The van der Waals surface area contributed by atoms with Crippen molar-refractivity contribution in [3.8, 4) is 0 Å². The summed E-state index contributed by atoms with van der Waals surface area (Å²) < 4.78 is 9.34. The van der Waals surface area contributed by atoms with Crippen LogP contribution in [0.5, 0.6) is 0 Å². The summed E-state index contributed by atoms with van der Waals surface area (Å²) in [5.41, 5.74) is 3.89. The number of hydrogen-bond acceptors (Lipinski definition) is 3. The van der Waals surface area contributed by atoms with Crippen LogP contribution in [0.4, 0.5) is 0 Å². The molecule has 1 amide bonds. The van der Waals surface area contributed by atoms with Gasteiger partial charge in [-0.2, -0.15) is 0 Å². The van der Waals surface area contributed by atoms with Crippen LogP contribution in [0.25, 0.3) is 0 Å². The molecule has 1 N–H and O–H groups in total. The van der Waals surface area contributed by atoms with E-state index in [0.717, 1.165) is 41.6 Å². The molecule has 2 aromatic rings. The summed E-state index contributed by atoms with van der Waals surface area (Å²) in [6.07, 6.45) is 1.85. The molecule has 0 spiro atoms. The van der Waals surface area contributed by atoms with Gasteiger partial charge in [-0.3, -0.25) is 4.79 Å². The summed E-state index contributed by atoms with van der Waals surface area (Å²) in [7, 11) is 1.68. The van der Waals surface area contributed by atoms with Crippen LogP contribution in [-0.2, 0) is 17.8 Å². The lowest BCUT2D eigenvalue weighted by Crippen LogP contribution is -2.28. The van der Waals surface area contributed by atoms with E-state index in [9.17, 15) is 4.79 Å². The Labute approximate surface area is 137 Å². The third-order valence-corrected chi connectivity index (χ3v) is 4.21. The second-order valence-corrected chi connectivity index (χ2v) is 5.78. The summed E-state index contributed by atoms with van der Waals surface area (Å²) in [6.45, 7) is 10.7. The lowest BCUT2D eigenvalue weighted by molar-refractivity contribution is 0.0951. The van der Waals surface area contributed by atoms with E-state index in [2.05, 4.69) is 19.4 Å². The van der Waals surface area contributed by atoms with E-state index < -0.39 is 0 Å². The Hall–Kier alpha value is -2.08. The zero-order valence-corrected chi connectivity index (χ0v) is 14.6. The van der Waals surface area contributed by atoms with E-state index in [-0.39, 0.29) is 5.91 Å². The van der Waals surface area contributed by atoms with Gasteiger partial charge in [0.1, 0.15) is 5.82 Å². The van der Waals surface area contributed by atoms with Gasteiger partial charge in [-0.25, -0.2) is 4.98 Å². The van der Waals surface area contributed by atoms with E-state index >= 15 is 0 Å². The minimum Gasteiger partial charge on any atom is -0.383 e. The maximum Gasteiger partial charge on any atom is 0.253 e. The van der Waals surface area contributed by atoms with Crippen LogP contribution in [0.15, 0.2) is 12.3 Å². The molecule has 0 aliphatic carbocycles. The Bertz CT molecular complexity index is 666. The molecule has 0 fully saturated rings. The molecule has 2 aromatic heterocycles. The fourth-order valence-electron chi connectivity index (χ4n) is 2.85. The van der Waals surface area contributed by atoms with Crippen LogP contribution >= 0.6 is 0 Å². The van der Waals surface area contributed by atoms with Crippen molar-refractivity contribution >= 4 is 5.91 Å². The van der Waals surface area contributed by atoms with Gasteiger partial charge in [0.25, 0.3) is 5.91 Å². The number of aryl methyl sites for hydroxylation is 3. The highest BCUT2D eigenvalue weighted by atomic mass is 16.5. The predicted molar refractivity (Wildman–Crippen MR) is 89.8 cm³/mol. The number of rotatable bonds is 7. The molecule has 23 heavy (non-hydrogen) atoms. The van der Waals surface area contributed by atoms with Crippen molar-refractivity contribution in [3.05, 3.63) is 40.7 Å². The second-order valence-electron chi connectivity index (χ2n) is 5.78. The standard InChI is InChI=1S/C17H26N4O2/c1-12-10-16(14(3)20(12)8-9-23-5)17(22)18-6-7-21-13(2)11-19-15(21)4/h10-11H,6-9H2,1-5H3,(H,18,22). The summed E-state index contributed by atoms with van der Waals surface area (Å²) in [5.74, 6) is 0.937. The van der Waals surface area contributed by atoms with Crippen LogP contribution < -0.4 is 5.32 Å². The first-order valence-electron chi connectivity index (χ1n) is 7.88. The summed E-state index contributed by atoms with van der Waals surface area (Å²) in [4.78, 5) is 16.7. The summed E-state index contributed by atoms with van der Waals surface area (Å²) >= 11 is 0. The average molecular weight is 318 g/mol. The van der Waals surface area contributed by atoms with Gasteiger partial charge in [0.05, 0.1) is 12.2 Å². The van der Waals surface area contributed by atoms with Gasteiger partial charge >= 0.3 is 0 Å². The number of aromatic nitrogens is 3. The molecule has 6 nitrogen and oxygen atoms in total. The molecule has 0 atom stereocenters. The molecule has 2 rings (SSSR count). The van der Waals surface area contributed by atoms with Gasteiger partial charge in [-0.15, -0.1) is 0 Å². The largest absolute Gasteiger partial charge is 0.383 e. The Balaban J connectivity index is 1.98. The molecule has 0 radical (unpaired) electrons. The average Bonchev–Trinajstić information content (AvgIpc) is 2.98. The zero-order valence-electron chi connectivity index (χ0n) is 14.6. The van der Waals surface area contributed by atoms with Crippen LogP contribution in [0.2, 0.25) is 0 Å². The van der Waals surface area contributed by atoms with Gasteiger partial charge in [0, 0.05) is 50.0 Å². The molecule has 0 unspecified atom stereocenters. The number of hydrogen-bond donors (Lipinski definition) is 1. The number of imidazole rings is 1. The van der Waals surface area contributed by atoms with Gasteiger partial charge < -0.3 is 19.2 Å². The highest BCUT2D eigenvalue weighted by molar-refractivity contribution is 5.95. The molecule has 6 heteroatoms. The number of carbonyl (C=O) groups is 1. The van der Waals surface area contributed by atoms with E-state index in [4.69, 9.17) is 4.74 Å². The SMILES string of the molecule is COCCn1c(C)cc(C(=O)NCCn2c(C)cnc2C)c1C. The van der Waals surface area contributed by atoms with E-state index in [1.165, 1.54) is 0 Å². The lowest BCUT2D eigenvalue weighted by Gasteiger charge is -2.10. The van der Waals surface area contributed by atoms with Gasteiger partial charge in [0.15, 0.2) is 0 Å². The molecule has 0 bridgehead atoms. The Morgan fingerprint density at radius 2 is 1.91 bits per heavy atom. The quantitative estimate of drug-likeness (QED) is 0.849. The van der Waals surface area contributed by atoms with Crippen molar-refractivity contribution in [2.45, 2.75) is 40.8 Å². The summed E-state index contributed by atoms with van der Waals surface area (Å²) in [5, 5.41) is 3.00. The number of nitrogens with one attached hydrogen (secondary N) is 1. The first kappa shape index (κ1) is 17.3. The zero-order chi connectivity index (χ0) is 17.0. The highest BCUT2D eigenvalue weighted by Crippen LogP contribution is 2.15. The second kappa shape index (κ2) is 7.46. The molecule has 126 valence electrons. The molecule has 0 aromatic carbocycles. The third kappa shape index (κ3) is 3.82. The van der Waals surface area contributed by atoms with Gasteiger partial charge in [-0.05, 0) is 33.8 Å². The number of amides is 1. The normalized spacial score (nSPS) is 11.0. The van der Waals surface area contributed by atoms with Crippen molar-refractivity contribution < 1.29 is 9.53 Å². The van der Waals surface area contributed by atoms with Crippen LogP contribution in [-0.4, -0.2) is 40.3 Å². The van der Waals surface area contributed by atoms with Crippen LogP contribution in [0.1, 0.15) is 33.3 Å². The van der Waals surface area contributed by atoms with Crippen LogP contribution in [0.3, 0.4) is 0 Å². The molecule has 0 aliphatic rings. The monoisotopic (exact) mass is 318 g/mol. The van der Waals surface area contributed by atoms with Crippen molar-refractivity contribution in [1.82, 2.24) is 19.4 Å². The first-order valence-corrected chi connectivity index (χ1v) is 7.88. The molecular weight excluding hydrogens is 292 g/mol. The Morgan fingerprint density at radius 3 is 2.52 bits per heavy atom. The smallest absolute Gasteiger partial charge is 0.253 e.